The van der Waals surface area contributed by atoms with E-state index in [9.17, 15) is 19.7 Å². The fraction of sp³-hybridized carbons (Fsp3) is 0.115. The molecular formula is C26H20N2O6S2. The highest BCUT2D eigenvalue weighted by molar-refractivity contribution is 8.26. The lowest BCUT2D eigenvalue weighted by molar-refractivity contribution is -0.384. The molecule has 1 atom stereocenters. The van der Waals surface area contributed by atoms with Gasteiger partial charge in [0.15, 0.2) is 11.5 Å². The molecule has 1 aliphatic heterocycles. The van der Waals surface area contributed by atoms with E-state index in [0.29, 0.717) is 14.8 Å². The average Bonchev–Trinajstić information content (AvgIpc) is 3.17. The molecule has 3 aromatic carbocycles. The summed E-state index contributed by atoms with van der Waals surface area (Å²) >= 11 is 6.70. The third-order valence-electron chi connectivity index (χ3n) is 5.47. The lowest BCUT2D eigenvalue weighted by Crippen LogP contribution is -2.30. The molecule has 1 fully saturated rings. The van der Waals surface area contributed by atoms with Crippen LogP contribution in [0.25, 0.3) is 6.08 Å². The molecular weight excluding hydrogens is 500 g/mol. The summed E-state index contributed by atoms with van der Waals surface area (Å²) in [6.45, 7) is 1.93. The van der Waals surface area contributed by atoms with Gasteiger partial charge < -0.3 is 9.47 Å². The van der Waals surface area contributed by atoms with Crippen LogP contribution in [0.3, 0.4) is 0 Å². The van der Waals surface area contributed by atoms with Crippen molar-refractivity contribution >= 4 is 51.9 Å². The Balaban J connectivity index is 1.54. The Kier molecular flexibility index (Phi) is 7.47. The maximum Gasteiger partial charge on any atom is 0.343 e. The minimum absolute atomic E-state index is 0.0338. The van der Waals surface area contributed by atoms with Crippen LogP contribution in [-0.2, 0) is 4.79 Å². The van der Waals surface area contributed by atoms with Crippen LogP contribution in [0.1, 0.15) is 34.5 Å². The van der Waals surface area contributed by atoms with Crippen molar-refractivity contribution in [2.45, 2.75) is 13.0 Å². The van der Waals surface area contributed by atoms with Gasteiger partial charge in [0.25, 0.3) is 11.6 Å². The van der Waals surface area contributed by atoms with Gasteiger partial charge in [0.2, 0.25) is 0 Å². The fourth-order valence-electron chi connectivity index (χ4n) is 3.61. The third kappa shape index (κ3) is 5.29. The van der Waals surface area contributed by atoms with Crippen molar-refractivity contribution in [3.8, 4) is 11.5 Å². The number of hydrogen-bond donors (Lipinski definition) is 0. The van der Waals surface area contributed by atoms with Crippen LogP contribution in [0.5, 0.6) is 11.5 Å². The van der Waals surface area contributed by atoms with E-state index >= 15 is 0 Å². The summed E-state index contributed by atoms with van der Waals surface area (Å²) in [5.74, 6) is -0.561. The Labute approximate surface area is 216 Å². The molecule has 182 valence electrons. The Bertz CT molecular complexity index is 1390. The normalized spacial score (nSPS) is 15.2. The number of methoxy groups -OCH3 is 1. The first kappa shape index (κ1) is 25.1. The van der Waals surface area contributed by atoms with Gasteiger partial charge in [0.1, 0.15) is 4.32 Å². The number of thiocarbonyl (C=S) groups is 1. The van der Waals surface area contributed by atoms with Crippen LogP contribution in [0.15, 0.2) is 77.7 Å². The van der Waals surface area contributed by atoms with E-state index in [-0.39, 0.29) is 34.7 Å². The van der Waals surface area contributed by atoms with Gasteiger partial charge in [0.05, 0.1) is 28.5 Å². The van der Waals surface area contributed by atoms with Crippen molar-refractivity contribution in [3.63, 3.8) is 0 Å². The molecule has 0 aliphatic carbocycles. The first-order valence-electron chi connectivity index (χ1n) is 10.7. The summed E-state index contributed by atoms with van der Waals surface area (Å²) in [5.41, 5.74) is 1.44. The van der Waals surface area contributed by atoms with E-state index < -0.39 is 10.9 Å². The number of benzene rings is 3. The Morgan fingerprint density at radius 3 is 2.53 bits per heavy atom. The third-order valence-corrected chi connectivity index (χ3v) is 6.80. The van der Waals surface area contributed by atoms with Crippen LogP contribution in [-0.4, -0.2) is 33.1 Å². The van der Waals surface area contributed by atoms with Crippen molar-refractivity contribution in [2.24, 2.45) is 0 Å². The highest BCUT2D eigenvalue weighted by Gasteiger charge is 2.36. The van der Waals surface area contributed by atoms with E-state index in [2.05, 4.69) is 0 Å². The molecule has 3 aromatic rings. The molecule has 0 radical (unpaired) electrons. The van der Waals surface area contributed by atoms with E-state index in [1.54, 1.807) is 23.1 Å². The van der Waals surface area contributed by atoms with Crippen molar-refractivity contribution in [3.05, 3.63) is 105 Å². The molecule has 1 aliphatic rings. The maximum atomic E-state index is 13.1. The molecule has 1 unspecified atom stereocenters. The molecule has 1 heterocycles. The van der Waals surface area contributed by atoms with E-state index in [1.807, 2.05) is 37.3 Å². The molecule has 36 heavy (non-hydrogen) atoms. The zero-order valence-electron chi connectivity index (χ0n) is 19.2. The first-order valence-corrected chi connectivity index (χ1v) is 12.0. The number of rotatable bonds is 7. The second kappa shape index (κ2) is 10.7. The average molecular weight is 521 g/mol. The summed E-state index contributed by atoms with van der Waals surface area (Å²) in [7, 11) is 1.42. The highest BCUT2D eigenvalue weighted by Crippen LogP contribution is 2.39. The number of nitrogens with zero attached hydrogens (tertiary/aromatic N) is 2. The second-order valence-electron chi connectivity index (χ2n) is 7.75. The van der Waals surface area contributed by atoms with Gasteiger partial charge in [-0.1, -0.05) is 66.4 Å². The fourth-order valence-corrected chi connectivity index (χ4v) is 5.03. The molecule has 0 saturated carbocycles. The number of nitro benzene ring substituents is 1. The summed E-state index contributed by atoms with van der Waals surface area (Å²) in [4.78, 5) is 38.1. The van der Waals surface area contributed by atoms with Gasteiger partial charge in [-0.3, -0.25) is 19.8 Å². The molecule has 10 heteroatoms. The van der Waals surface area contributed by atoms with Crippen molar-refractivity contribution < 1.29 is 24.0 Å². The predicted molar refractivity (Wildman–Crippen MR) is 141 cm³/mol. The number of thioether (sulfide) groups is 1. The van der Waals surface area contributed by atoms with E-state index in [4.69, 9.17) is 21.7 Å². The number of hydrogen-bond acceptors (Lipinski definition) is 8. The molecule has 4 rings (SSSR count). The Hall–Kier alpha value is -4.02. The van der Waals surface area contributed by atoms with Crippen molar-refractivity contribution in [1.29, 1.82) is 0 Å². The quantitative estimate of drug-likeness (QED) is 0.0965. The minimum atomic E-state index is -0.763. The molecule has 1 saturated heterocycles. The number of ether oxygens (including phenoxy) is 2. The molecule has 0 aromatic heterocycles. The Morgan fingerprint density at radius 2 is 1.83 bits per heavy atom. The molecule has 0 spiro atoms. The van der Waals surface area contributed by atoms with Gasteiger partial charge >= 0.3 is 5.97 Å². The number of carbonyl (C=O) groups excluding carboxylic acids is 2. The van der Waals surface area contributed by atoms with Crippen molar-refractivity contribution in [1.82, 2.24) is 4.90 Å². The summed E-state index contributed by atoms with van der Waals surface area (Å²) < 4.78 is 11.3. The number of nitro groups is 1. The maximum absolute atomic E-state index is 13.1. The predicted octanol–water partition coefficient (Wildman–Crippen LogP) is 5.79. The van der Waals surface area contributed by atoms with Crippen LogP contribution in [0, 0.1) is 10.1 Å². The second-order valence-corrected chi connectivity index (χ2v) is 9.42. The minimum Gasteiger partial charge on any atom is -0.493 e. The summed E-state index contributed by atoms with van der Waals surface area (Å²) in [6.07, 6.45) is 1.70. The van der Waals surface area contributed by atoms with Gasteiger partial charge in [-0.2, -0.15) is 0 Å². The van der Waals surface area contributed by atoms with E-state index in [1.165, 1.54) is 43.1 Å². The lowest BCUT2D eigenvalue weighted by Gasteiger charge is -2.23. The lowest BCUT2D eigenvalue weighted by atomic mass is 10.1. The molecule has 0 bridgehead atoms. The van der Waals surface area contributed by atoms with Crippen molar-refractivity contribution in [2.75, 3.05) is 7.11 Å². The Morgan fingerprint density at radius 1 is 1.08 bits per heavy atom. The smallest absolute Gasteiger partial charge is 0.343 e. The highest BCUT2D eigenvalue weighted by atomic mass is 32.2. The van der Waals surface area contributed by atoms with Crippen LogP contribution >= 0.6 is 24.0 Å². The molecule has 8 nitrogen and oxygen atoms in total. The summed E-state index contributed by atoms with van der Waals surface area (Å²) in [6, 6.07) is 19.5. The topological polar surface area (TPSA) is 99.0 Å². The molecule has 0 N–H and O–H groups in total. The largest absolute Gasteiger partial charge is 0.493 e. The molecule has 1 amide bonds. The standard InChI is InChI=1S/C26H20N2O6S2/c1-16(18-7-4-3-5-8-18)27-24(29)23(36-26(27)35)14-17-11-12-21(22(13-17)33-2)34-25(30)19-9-6-10-20(15-19)28(31)32/h3-16H,1-2H3/b23-14+. The van der Waals surface area contributed by atoms with Crippen LogP contribution in [0.4, 0.5) is 5.69 Å². The first-order chi connectivity index (χ1) is 17.3. The zero-order valence-corrected chi connectivity index (χ0v) is 20.9. The number of amides is 1. The van der Waals surface area contributed by atoms with Gasteiger partial charge in [-0.15, -0.1) is 0 Å². The van der Waals surface area contributed by atoms with E-state index in [0.717, 1.165) is 11.6 Å². The number of esters is 1. The van der Waals surface area contributed by atoms with Gasteiger partial charge in [-0.05, 0) is 42.3 Å². The monoisotopic (exact) mass is 520 g/mol. The van der Waals surface area contributed by atoms with Crippen LogP contribution < -0.4 is 9.47 Å². The zero-order chi connectivity index (χ0) is 25.8. The number of carbonyl (C=O) groups is 2. The summed E-state index contributed by atoms with van der Waals surface area (Å²) in [5, 5.41) is 11.0. The van der Waals surface area contributed by atoms with Gasteiger partial charge in [0, 0.05) is 12.1 Å². The SMILES string of the molecule is COc1cc(/C=C2/SC(=S)N(C(C)c3ccccc3)C2=O)ccc1OC(=O)c1cccc([N+](=O)[O-])c1. The van der Waals surface area contributed by atoms with Gasteiger partial charge in [-0.25, -0.2) is 4.79 Å². The van der Waals surface area contributed by atoms with Crippen LogP contribution in [0.2, 0.25) is 0 Å². The number of non-ortho nitro benzene ring substituents is 1.